The van der Waals surface area contributed by atoms with Crippen LogP contribution in [0.4, 0.5) is 0 Å². The van der Waals surface area contributed by atoms with E-state index in [0.717, 1.165) is 23.3 Å². The minimum Gasteiger partial charge on any atom is -0.494 e. The maximum atomic E-state index is 12.4. The largest absolute Gasteiger partial charge is 0.494 e. The van der Waals surface area contributed by atoms with E-state index in [1.807, 2.05) is 54.6 Å². The predicted octanol–water partition coefficient (Wildman–Crippen LogP) is 6.92. The van der Waals surface area contributed by atoms with Crippen LogP contribution in [0.25, 0.3) is 11.1 Å². The van der Waals surface area contributed by atoms with Crippen molar-refractivity contribution < 1.29 is 14.3 Å². The van der Waals surface area contributed by atoms with E-state index in [9.17, 15) is 4.79 Å². The molecule has 0 amide bonds. The van der Waals surface area contributed by atoms with Gasteiger partial charge < -0.3 is 9.47 Å². The molecule has 29 heavy (non-hydrogen) atoms. The van der Waals surface area contributed by atoms with Gasteiger partial charge in [0.2, 0.25) is 0 Å². The van der Waals surface area contributed by atoms with Crippen molar-refractivity contribution in [3.8, 4) is 22.6 Å². The van der Waals surface area contributed by atoms with Gasteiger partial charge in [0, 0.05) is 0 Å². The summed E-state index contributed by atoms with van der Waals surface area (Å²) in [5, 5.41) is 0. The third-order valence-electron chi connectivity index (χ3n) is 4.78. The van der Waals surface area contributed by atoms with Gasteiger partial charge in [-0.3, -0.25) is 0 Å². The van der Waals surface area contributed by atoms with Crippen molar-refractivity contribution in [2.75, 3.05) is 6.61 Å². The molecule has 0 radical (unpaired) electrons. The molecule has 0 spiro atoms. The Labute approximate surface area is 173 Å². The number of unbranched alkanes of at least 4 members (excludes halogenated alkanes) is 4. The van der Waals surface area contributed by atoms with Crippen molar-refractivity contribution in [3.05, 3.63) is 84.4 Å². The normalized spacial score (nSPS) is 10.5. The first-order chi connectivity index (χ1) is 14.3. The van der Waals surface area contributed by atoms with Gasteiger partial charge >= 0.3 is 5.97 Å². The molecule has 3 nitrogen and oxygen atoms in total. The Kier molecular flexibility index (Phi) is 7.88. The van der Waals surface area contributed by atoms with Crippen molar-refractivity contribution in [1.29, 1.82) is 0 Å². The standard InChI is InChI=1S/C26H28O3/c1-2-3-4-5-9-20-28-24-16-14-23(15-17-24)26(27)29-25-18-12-22(13-19-25)21-10-7-6-8-11-21/h6-8,10-19H,2-5,9,20H2,1H3. The highest BCUT2D eigenvalue weighted by atomic mass is 16.5. The summed E-state index contributed by atoms with van der Waals surface area (Å²) in [4.78, 5) is 12.4. The van der Waals surface area contributed by atoms with E-state index in [-0.39, 0.29) is 5.97 Å². The van der Waals surface area contributed by atoms with Gasteiger partial charge in [0.1, 0.15) is 11.5 Å². The molecular formula is C26H28O3. The van der Waals surface area contributed by atoms with Crippen LogP contribution in [0, 0.1) is 0 Å². The summed E-state index contributed by atoms with van der Waals surface area (Å²) in [7, 11) is 0. The first-order valence-electron chi connectivity index (χ1n) is 10.4. The lowest BCUT2D eigenvalue weighted by atomic mass is 10.1. The van der Waals surface area contributed by atoms with Gasteiger partial charge in [-0.05, 0) is 53.9 Å². The summed E-state index contributed by atoms with van der Waals surface area (Å²) < 4.78 is 11.2. The van der Waals surface area contributed by atoms with E-state index in [0.29, 0.717) is 17.9 Å². The number of carbonyl (C=O) groups excluding carboxylic acids is 1. The fourth-order valence-electron chi connectivity index (χ4n) is 3.09. The van der Waals surface area contributed by atoms with Crippen molar-refractivity contribution >= 4 is 5.97 Å². The molecule has 0 aliphatic rings. The molecule has 0 N–H and O–H groups in total. The number of rotatable bonds is 10. The maximum Gasteiger partial charge on any atom is 0.343 e. The van der Waals surface area contributed by atoms with Crippen LogP contribution in [0.2, 0.25) is 0 Å². The molecule has 0 atom stereocenters. The third kappa shape index (κ3) is 6.49. The van der Waals surface area contributed by atoms with E-state index in [1.54, 1.807) is 12.1 Å². The molecule has 3 heteroatoms. The Morgan fingerprint density at radius 3 is 2.00 bits per heavy atom. The maximum absolute atomic E-state index is 12.4. The quantitative estimate of drug-likeness (QED) is 0.215. The van der Waals surface area contributed by atoms with Crippen LogP contribution in [0.3, 0.4) is 0 Å². The number of esters is 1. The van der Waals surface area contributed by atoms with Gasteiger partial charge in [-0.15, -0.1) is 0 Å². The second-order valence-corrected chi connectivity index (χ2v) is 7.07. The van der Waals surface area contributed by atoms with E-state index < -0.39 is 0 Å². The minimum atomic E-state index is -0.372. The first kappa shape index (κ1) is 20.7. The van der Waals surface area contributed by atoms with Crippen LogP contribution in [0.15, 0.2) is 78.9 Å². The molecular weight excluding hydrogens is 360 g/mol. The lowest BCUT2D eigenvalue weighted by Gasteiger charge is -2.08. The average Bonchev–Trinajstić information content (AvgIpc) is 2.78. The fourth-order valence-corrected chi connectivity index (χ4v) is 3.09. The number of carbonyl (C=O) groups is 1. The number of hydrogen-bond acceptors (Lipinski definition) is 3. The van der Waals surface area contributed by atoms with Gasteiger partial charge in [-0.25, -0.2) is 4.79 Å². The van der Waals surface area contributed by atoms with Crippen LogP contribution in [-0.2, 0) is 0 Å². The van der Waals surface area contributed by atoms with Crippen molar-refractivity contribution in [2.24, 2.45) is 0 Å². The zero-order valence-corrected chi connectivity index (χ0v) is 17.0. The van der Waals surface area contributed by atoms with Crippen molar-refractivity contribution in [3.63, 3.8) is 0 Å². The Bertz CT molecular complexity index is 868. The van der Waals surface area contributed by atoms with Gasteiger partial charge in [-0.1, -0.05) is 75.1 Å². The first-order valence-corrected chi connectivity index (χ1v) is 10.4. The van der Waals surface area contributed by atoms with Gasteiger partial charge in [-0.2, -0.15) is 0 Å². The van der Waals surface area contributed by atoms with Crippen LogP contribution in [0.5, 0.6) is 11.5 Å². The topological polar surface area (TPSA) is 35.5 Å². The molecule has 0 saturated heterocycles. The van der Waals surface area contributed by atoms with E-state index in [1.165, 1.54) is 25.7 Å². The molecule has 0 bridgehead atoms. The lowest BCUT2D eigenvalue weighted by Crippen LogP contribution is -2.08. The van der Waals surface area contributed by atoms with Gasteiger partial charge in [0.05, 0.1) is 12.2 Å². The van der Waals surface area contributed by atoms with E-state index in [4.69, 9.17) is 9.47 Å². The molecule has 150 valence electrons. The SMILES string of the molecule is CCCCCCCOc1ccc(C(=O)Oc2ccc(-c3ccccc3)cc2)cc1. The summed E-state index contributed by atoms with van der Waals surface area (Å²) in [6, 6.07) is 24.8. The Hall–Kier alpha value is -3.07. The van der Waals surface area contributed by atoms with E-state index in [2.05, 4.69) is 19.1 Å². The summed E-state index contributed by atoms with van der Waals surface area (Å²) >= 11 is 0. The third-order valence-corrected chi connectivity index (χ3v) is 4.78. The summed E-state index contributed by atoms with van der Waals surface area (Å²) in [5.74, 6) is 0.940. The van der Waals surface area contributed by atoms with Gasteiger partial charge in [0.15, 0.2) is 0 Å². The Morgan fingerprint density at radius 2 is 1.31 bits per heavy atom. The van der Waals surface area contributed by atoms with E-state index >= 15 is 0 Å². The lowest BCUT2D eigenvalue weighted by molar-refractivity contribution is 0.0734. The Balaban J connectivity index is 1.49. The summed E-state index contributed by atoms with van der Waals surface area (Å²) in [6.07, 6.45) is 6.04. The molecule has 3 rings (SSSR count). The minimum absolute atomic E-state index is 0.372. The predicted molar refractivity (Wildman–Crippen MR) is 118 cm³/mol. The second kappa shape index (κ2) is 11.1. The molecule has 0 fully saturated rings. The van der Waals surface area contributed by atoms with Crippen LogP contribution < -0.4 is 9.47 Å². The Morgan fingerprint density at radius 1 is 0.690 bits per heavy atom. The zero-order chi connectivity index (χ0) is 20.3. The van der Waals surface area contributed by atoms with Gasteiger partial charge in [0.25, 0.3) is 0 Å². The van der Waals surface area contributed by atoms with Crippen molar-refractivity contribution in [1.82, 2.24) is 0 Å². The molecule has 0 heterocycles. The van der Waals surface area contributed by atoms with Crippen molar-refractivity contribution in [2.45, 2.75) is 39.0 Å². The number of ether oxygens (including phenoxy) is 2. The molecule has 0 saturated carbocycles. The monoisotopic (exact) mass is 388 g/mol. The molecule has 0 aliphatic heterocycles. The molecule has 0 aliphatic carbocycles. The molecule has 3 aromatic carbocycles. The number of benzene rings is 3. The molecule has 0 aromatic heterocycles. The highest BCUT2D eigenvalue weighted by Gasteiger charge is 2.09. The highest BCUT2D eigenvalue weighted by molar-refractivity contribution is 5.91. The fraction of sp³-hybridized carbons (Fsp3) is 0.269. The second-order valence-electron chi connectivity index (χ2n) is 7.07. The van der Waals surface area contributed by atoms with Crippen LogP contribution in [-0.4, -0.2) is 12.6 Å². The number of hydrogen-bond donors (Lipinski definition) is 0. The van der Waals surface area contributed by atoms with Crippen LogP contribution in [0.1, 0.15) is 49.4 Å². The highest BCUT2D eigenvalue weighted by Crippen LogP contribution is 2.23. The average molecular weight is 389 g/mol. The summed E-state index contributed by atoms with van der Waals surface area (Å²) in [6.45, 7) is 2.92. The zero-order valence-electron chi connectivity index (χ0n) is 17.0. The summed E-state index contributed by atoms with van der Waals surface area (Å²) in [5.41, 5.74) is 2.72. The smallest absolute Gasteiger partial charge is 0.343 e. The molecule has 0 unspecified atom stereocenters. The molecule has 3 aromatic rings. The van der Waals surface area contributed by atoms with Crippen LogP contribution >= 0.6 is 0 Å².